The number of benzene rings is 1. The van der Waals surface area contributed by atoms with Gasteiger partial charge in [-0.05, 0) is 18.9 Å². The molecule has 2 amide bonds. The molecule has 1 aliphatic rings. The van der Waals surface area contributed by atoms with Crippen LogP contribution in [0.4, 0.5) is 4.39 Å². The largest absolute Gasteiger partial charge is 0.385 e. The maximum absolute atomic E-state index is 14.2. The molecule has 6 heteroatoms. The molecule has 0 spiro atoms. The van der Waals surface area contributed by atoms with Crippen molar-refractivity contribution in [3.63, 3.8) is 0 Å². The summed E-state index contributed by atoms with van der Waals surface area (Å²) in [6.07, 6.45) is 1.45. The Morgan fingerprint density at radius 1 is 1.43 bits per heavy atom. The summed E-state index contributed by atoms with van der Waals surface area (Å²) >= 11 is 0. The van der Waals surface area contributed by atoms with Gasteiger partial charge in [0.05, 0.1) is 12.0 Å². The Hall–Kier alpha value is -1.95. The second kappa shape index (κ2) is 8.06. The number of halogens is 1. The van der Waals surface area contributed by atoms with Gasteiger partial charge >= 0.3 is 0 Å². The van der Waals surface area contributed by atoms with E-state index in [1.54, 1.807) is 32.4 Å². The maximum Gasteiger partial charge on any atom is 0.225 e. The van der Waals surface area contributed by atoms with Gasteiger partial charge in [-0.1, -0.05) is 18.2 Å². The second-order valence-corrected chi connectivity index (χ2v) is 5.75. The molecule has 0 saturated carbocycles. The number of hydrogen-bond acceptors (Lipinski definition) is 3. The molecular weight excluding hydrogens is 299 g/mol. The summed E-state index contributed by atoms with van der Waals surface area (Å²) in [5.41, 5.74) is 0.389. The van der Waals surface area contributed by atoms with Gasteiger partial charge in [0.15, 0.2) is 0 Å². The topological polar surface area (TPSA) is 58.6 Å². The molecule has 0 radical (unpaired) electrons. The van der Waals surface area contributed by atoms with Gasteiger partial charge in [0, 0.05) is 39.3 Å². The van der Waals surface area contributed by atoms with E-state index in [9.17, 15) is 14.0 Å². The Kier molecular flexibility index (Phi) is 6.10. The molecule has 23 heavy (non-hydrogen) atoms. The molecule has 1 N–H and O–H groups in total. The fourth-order valence-corrected chi connectivity index (χ4v) is 3.01. The zero-order valence-corrected chi connectivity index (χ0v) is 13.5. The van der Waals surface area contributed by atoms with Crippen molar-refractivity contribution in [1.82, 2.24) is 10.2 Å². The van der Waals surface area contributed by atoms with Crippen LogP contribution < -0.4 is 5.32 Å². The maximum atomic E-state index is 14.2. The first-order valence-electron chi connectivity index (χ1n) is 7.83. The normalized spacial score (nSPS) is 21.3. The van der Waals surface area contributed by atoms with Crippen LogP contribution in [0.15, 0.2) is 24.3 Å². The first kappa shape index (κ1) is 17.4. The van der Waals surface area contributed by atoms with Gasteiger partial charge in [0.25, 0.3) is 0 Å². The number of rotatable bonds is 6. The van der Waals surface area contributed by atoms with Crippen LogP contribution in [-0.2, 0) is 14.3 Å². The number of nitrogens with one attached hydrogen (secondary N) is 1. The second-order valence-electron chi connectivity index (χ2n) is 5.75. The number of carbonyl (C=O) groups excluding carboxylic acids is 2. The van der Waals surface area contributed by atoms with Crippen molar-refractivity contribution < 1.29 is 18.7 Å². The molecule has 2 rings (SSSR count). The SMILES string of the molecule is COCCCNC(=O)[C@@H]1CCC(=O)N(C)[C@H]1c1ccccc1F. The minimum atomic E-state index is -0.570. The monoisotopic (exact) mass is 322 g/mol. The molecule has 1 saturated heterocycles. The van der Waals surface area contributed by atoms with Crippen LogP contribution in [0.5, 0.6) is 0 Å². The minimum Gasteiger partial charge on any atom is -0.385 e. The number of piperidine rings is 1. The molecule has 126 valence electrons. The molecule has 1 aromatic rings. The van der Waals surface area contributed by atoms with Crippen molar-refractivity contribution in [3.05, 3.63) is 35.6 Å². The van der Waals surface area contributed by atoms with Crippen LogP contribution >= 0.6 is 0 Å². The highest BCUT2D eigenvalue weighted by Crippen LogP contribution is 2.36. The van der Waals surface area contributed by atoms with Crippen LogP contribution in [0.3, 0.4) is 0 Å². The van der Waals surface area contributed by atoms with E-state index >= 15 is 0 Å². The predicted octanol–water partition coefficient (Wildman–Crippen LogP) is 1.89. The molecule has 0 aromatic heterocycles. The van der Waals surface area contributed by atoms with Crippen molar-refractivity contribution in [3.8, 4) is 0 Å². The fourth-order valence-electron chi connectivity index (χ4n) is 3.01. The summed E-state index contributed by atoms with van der Waals surface area (Å²) in [6, 6.07) is 5.75. The fraction of sp³-hybridized carbons (Fsp3) is 0.529. The van der Waals surface area contributed by atoms with Crippen molar-refractivity contribution in [2.24, 2.45) is 5.92 Å². The van der Waals surface area contributed by atoms with Crippen molar-refractivity contribution >= 4 is 11.8 Å². The molecule has 1 fully saturated rings. The summed E-state index contributed by atoms with van der Waals surface area (Å²) in [5.74, 6) is -1.05. The Labute approximate surface area is 135 Å². The van der Waals surface area contributed by atoms with Gasteiger partial charge in [0.2, 0.25) is 11.8 Å². The van der Waals surface area contributed by atoms with E-state index in [0.29, 0.717) is 38.0 Å². The lowest BCUT2D eigenvalue weighted by Crippen LogP contribution is -2.46. The van der Waals surface area contributed by atoms with Gasteiger partial charge in [0.1, 0.15) is 5.82 Å². The first-order valence-corrected chi connectivity index (χ1v) is 7.83. The predicted molar refractivity (Wildman–Crippen MR) is 84.1 cm³/mol. The Bertz CT molecular complexity index is 565. The number of methoxy groups -OCH3 is 1. The van der Waals surface area contributed by atoms with E-state index in [1.807, 2.05) is 0 Å². The molecular formula is C17H23FN2O3. The van der Waals surface area contributed by atoms with E-state index in [-0.39, 0.29) is 11.8 Å². The van der Waals surface area contributed by atoms with E-state index < -0.39 is 17.8 Å². The summed E-state index contributed by atoms with van der Waals surface area (Å²) in [5, 5.41) is 2.86. The third kappa shape index (κ3) is 4.07. The summed E-state index contributed by atoms with van der Waals surface area (Å²) in [4.78, 5) is 26.0. The van der Waals surface area contributed by atoms with Crippen LogP contribution in [0.2, 0.25) is 0 Å². The zero-order chi connectivity index (χ0) is 16.8. The Morgan fingerprint density at radius 2 is 2.17 bits per heavy atom. The van der Waals surface area contributed by atoms with Crippen molar-refractivity contribution in [1.29, 1.82) is 0 Å². The average molecular weight is 322 g/mol. The third-order valence-corrected chi connectivity index (χ3v) is 4.25. The van der Waals surface area contributed by atoms with Crippen LogP contribution in [0.25, 0.3) is 0 Å². The lowest BCUT2D eigenvalue weighted by Gasteiger charge is -2.38. The highest BCUT2D eigenvalue weighted by molar-refractivity contribution is 5.84. The number of nitrogens with zero attached hydrogens (tertiary/aromatic N) is 1. The summed E-state index contributed by atoms with van der Waals surface area (Å²) in [7, 11) is 3.24. The molecule has 1 heterocycles. The molecule has 1 aliphatic heterocycles. The number of amides is 2. The minimum absolute atomic E-state index is 0.0679. The van der Waals surface area contributed by atoms with Crippen LogP contribution in [0.1, 0.15) is 30.9 Å². The quantitative estimate of drug-likeness (QED) is 0.814. The van der Waals surface area contributed by atoms with Gasteiger partial charge in [-0.15, -0.1) is 0 Å². The molecule has 0 aliphatic carbocycles. The number of hydrogen-bond donors (Lipinski definition) is 1. The van der Waals surface area contributed by atoms with Crippen LogP contribution in [-0.4, -0.2) is 44.0 Å². The molecule has 2 atom stereocenters. The number of carbonyl (C=O) groups is 2. The molecule has 1 aromatic carbocycles. The first-order chi connectivity index (χ1) is 11.1. The number of likely N-dealkylation sites (tertiary alicyclic amines) is 1. The van der Waals surface area contributed by atoms with Gasteiger partial charge in [-0.3, -0.25) is 9.59 Å². The average Bonchev–Trinajstić information content (AvgIpc) is 2.55. The third-order valence-electron chi connectivity index (χ3n) is 4.25. The smallest absolute Gasteiger partial charge is 0.225 e. The number of ether oxygens (including phenoxy) is 1. The van der Waals surface area contributed by atoms with Crippen molar-refractivity contribution in [2.75, 3.05) is 27.3 Å². The zero-order valence-electron chi connectivity index (χ0n) is 13.5. The van der Waals surface area contributed by atoms with Crippen LogP contribution in [0, 0.1) is 11.7 Å². The van der Waals surface area contributed by atoms with Gasteiger partial charge in [-0.25, -0.2) is 4.39 Å². The Balaban J connectivity index is 2.17. The van der Waals surface area contributed by atoms with E-state index in [2.05, 4.69) is 5.32 Å². The summed E-state index contributed by atoms with van der Waals surface area (Å²) < 4.78 is 19.1. The highest BCUT2D eigenvalue weighted by atomic mass is 19.1. The lowest BCUT2D eigenvalue weighted by atomic mass is 9.83. The molecule has 0 bridgehead atoms. The van der Waals surface area contributed by atoms with E-state index in [4.69, 9.17) is 4.74 Å². The lowest BCUT2D eigenvalue weighted by molar-refractivity contribution is -0.141. The van der Waals surface area contributed by atoms with E-state index in [1.165, 1.54) is 11.0 Å². The van der Waals surface area contributed by atoms with Gasteiger partial charge < -0.3 is 15.0 Å². The Morgan fingerprint density at radius 3 is 2.87 bits per heavy atom. The van der Waals surface area contributed by atoms with Crippen molar-refractivity contribution in [2.45, 2.75) is 25.3 Å². The van der Waals surface area contributed by atoms with E-state index in [0.717, 1.165) is 0 Å². The summed E-state index contributed by atoms with van der Waals surface area (Å²) in [6.45, 7) is 1.07. The highest BCUT2D eigenvalue weighted by Gasteiger charge is 2.39. The molecule has 0 unspecified atom stereocenters. The molecule has 5 nitrogen and oxygen atoms in total. The van der Waals surface area contributed by atoms with Gasteiger partial charge in [-0.2, -0.15) is 0 Å². The standard InChI is InChI=1S/C17H23FN2O3/c1-20-15(21)9-8-13(17(22)19-10-5-11-23-2)16(20)12-6-3-4-7-14(12)18/h3-4,6-7,13,16H,5,8-11H2,1-2H3,(H,19,22)/t13-,16+/m1/s1.